The number of aliphatic hydroxyl groups is 1. The van der Waals surface area contributed by atoms with Crippen molar-refractivity contribution in [3.05, 3.63) is 41.2 Å². The molecule has 1 aliphatic rings. The van der Waals surface area contributed by atoms with Crippen LogP contribution < -0.4 is 0 Å². The molecule has 1 aliphatic heterocycles. The second-order valence-corrected chi connectivity index (χ2v) is 8.46. The number of aromatic amines is 1. The van der Waals surface area contributed by atoms with Crippen molar-refractivity contribution in [2.45, 2.75) is 83.0 Å². The van der Waals surface area contributed by atoms with E-state index < -0.39 is 0 Å². The molecule has 8 nitrogen and oxygen atoms in total. The van der Waals surface area contributed by atoms with Gasteiger partial charge in [-0.05, 0) is 49.7 Å². The number of unbranched alkanes of at least 4 members (excludes halogenated alkanes) is 3. The first-order valence-corrected chi connectivity index (χ1v) is 11.4. The average Bonchev–Trinajstić information content (AvgIpc) is 3.40. The number of aryl methyl sites for hydroxylation is 1. The van der Waals surface area contributed by atoms with E-state index in [0.717, 1.165) is 68.4 Å². The van der Waals surface area contributed by atoms with Crippen molar-refractivity contribution in [1.29, 1.82) is 0 Å². The van der Waals surface area contributed by atoms with Crippen molar-refractivity contribution < 1.29 is 14.6 Å². The minimum Gasteiger partial charge on any atom is -0.393 e. The molecule has 1 saturated heterocycles. The van der Waals surface area contributed by atoms with Gasteiger partial charge in [0.2, 0.25) is 5.91 Å². The number of methoxy groups -OCH3 is 1. The Morgan fingerprint density at radius 2 is 2.10 bits per heavy atom. The number of tetrazole rings is 1. The molecule has 170 valence electrons. The van der Waals surface area contributed by atoms with Gasteiger partial charge in [-0.3, -0.25) is 4.79 Å². The van der Waals surface area contributed by atoms with Crippen LogP contribution >= 0.6 is 0 Å². The molecule has 2 N–H and O–H groups in total. The lowest BCUT2D eigenvalue weighted by molar-refractivity contribution is -0.129. The summed E-state index contributed by atoms with van der Waals surface area (Å²) in [7, 11) is 1.69. The van der Waals surface area contributed by atoms with E-state index >= 15 is 0 Å². The van der Waals surface area contributed by atoms with Gasteiger partial charge in [0, 0.05) is 32.5 Å². The van der Waals surface area contributed by atoms with Crippen molar-refractivity contribution in [1.82, 2.24) is 25.5 Å². The van der Waals surface area contributed by atoms with Crippen LogP contribution in [-0.2, 0) is 29.0 Å². The van der Waals surface area contributed by atoms with E-state index in [-0.39, 0.29) is 18.1 Å². The highest BCUT2D eigenvalue weighted by Gasteiger charge is 2.30. The summed E-state index contributed by atoms with van der Waals surface area (Å²) < 4.78 is 5.19. The number of aliphatic hydroxyl groups excluding tert-OH is 1. The predicted octanol–water partition coefficient (Wildman–Crippen LogP) is 2.82. The highest BCUT2D eigenvalue weighted by molar-refractivity contribution is 5.78. The maximum Gasteiger partial charge on any atom is 0.222 e. The van der Waals surface area contributed by atoms with Crippen LogP contribution in [0.15, 0.2) is 24.3 Å². The van der Waals surface area contributed by atoms with Crippen LogP contribution in [0, 0.1) is 0 Å². The number of hydrogen-bond donors (Lipinski definition) is 2. The quantitative estimate of drug-likeness (QED) is 0.448. The second-order valence-electron chi connectivity index (χ2n) is 8.46. The first-order chi connectivity index (χ1) is 15.2. The number of amides is 1. The van der Waals surface area contributed by atoms with Gasteiger partial charge in [0.1, 0.15) is 0 Å². The molecule has 8 heteroatoms. The standard InChI is InChI=1S/C23H35N5O3/c1-31-17-19-8-6-7-18(15-19)16-21(29)12-10-20-11-13-23(30)28(20)14-5-3-2-4-9-22-24-26-27-25-22/h6-8,15,20-21,29H,2-5,9-14,16-17H2,1H3,(H,24,25,26,27)/t20-,21+/m0/s1. The number of aromatic nitrogens is 4. The Morgan fingerprint density at radius 1 is 1.26 bits per heavy atom. The molecule has 2 heterocycles. The van der Waals surface area contributed by atoms with Gasteiger partial charge in [-0.25, -0.2) is 0 Å². The van der Waals surface area contributed by atoms with Gasteiger partial charge in [0.15, 0.2) is 5.82 Å². The summed E-state index contributed by atoms with van der Waals surface area (Å²) in [6, 6.07) is 8.45. The molecule has 1 amide bonds. The largest absolute Gasteiger partial charge is 0.393 e. The third-order valence-corrected chi connectivity index (χ3v) is 6.00. The summed E-state index contributed by atoms with van der Waals surface area (Å²) in [5.74, 6) is 1.03. The lowest BCUT2D eigenvalue weighted by Crippen LogP contribution is -2.34. The van der Waals surface area contributed by atoms with Crippen molar-refractivity contribution in [2.75, 3.05) is 13.7 Å². The third kappa shape index (κ3) is 7.70. The highest BCUT2D eigenvalue weighted by Crippen LogP contribution is 2.24. The fraction of sp³-hybridized carbons (Fsp3) is 0.652. The van der Waals surface area contributed by atoms with Gasteiger partial charge in [-0.2, -0.15) is 5.21 Å². The molecule has 31 heavy (non-hydrogen) atoms. The monoisotopic (exact) mass is 429 g/mol. The van der Waals surface area contributed by atoms with E-state index in [1.165, 1.54) is 0 Å². The third-order valence-electron chi connectivity index (χ3n) is 6.00. The van der Waals surface area contributed by atoms with Crippen LogP contribution in [0.4, 0.5) is 0 Å². The Labute approximate surface area is 184 Å². The van der Waals surface area contributed by atoms with Gasteiger partial charge in [0.05, 0.1) is 12.7 Å². The molecular weight excluding hydrogens is 394 g/mol. The first kappa shape index (κ1) is 23.3. The SMILES string of the molecule is COCc1cccc(C[C@H](O)CC[C@H]2CCC(=O)N2CCCCCCc2nn[nH]n2)c1. The highest BCUT2D eigenvalue weighted by atomic mass is 16.5. The average molecular weight is 430 g/mol. The first-order valence-electron chi connectivity index (χ1n) is 11.4. The summed E-state index contributed by atoms with van der Waals surface area (Å²) in [5, 5.41) is 24.5. The number of carbonyl (C=O) groups excluding carboxylic acids is 1. The lowest BCUT2D eigenvalue weighted by Gasteiger charge is -2.26. The minimum absolute atomic E-state index is 0.263. The zero-order valence-corrected chi connectivity index (χ0v) is 18.5. The Morgan fingerprint density at radius 3 is 2.90 bits per heavy atom. The summed E-state index contributed by atoms with van der Waals surface area (Å²) in [6.45, 7) is 1.40. The molecular formula is C23H35N5O3. The Bertz CT molecular complexity index is 783. The van der Waals surface area contributed by atoms with Crippen LogP contribution in [0.1, 0.15) is 68.3 Å². The maximum absolute atomic E-state index is 12.3. The van der Waals surface area contributed by atoms with E-state index in [9.17, 15) is 9.90 Å². The number of H-pyrrole nitrogens is 1. The number of likely N-dealkylation sites (tertiary alicyclic amines) is 1. The molecule has 0 spiro atoms. The summed E-state index contributed by atoms with van der Waals surface area (Å²) >= 11 is 0. The van der Waals surface area contributed by atoms with Gasteiger partial charge in [0.25, 0.3) is 0 Å². The molecule has 2 aromatic rings. The van der Waals surface area contributed by atoms with Crippen molar-refractivity contribution in [3.8, 4) is 0 Å². The molecule has 1 fully saturated rings. The van der Waals surface area contributed by atoms with Crippen LogP contribution in [0.2, 0.25) is 0 Å². The molecule has 0 unspecified atom stereocenters. The van der Waals surface area contributed by atoms with Crippen molar-refractivity contribution in [2.24, 2.45) is 0 Å². The predicted molar refractivity (Wildman–Crippen MR) is 117 cm³/mol. The van der Waals surface area contributed by atoms with Gasteiger partial charge in [-0.1, -0.05) is 42.3 Å². The van der Waals surface area contributed by atoms with E-state index in [2.05, 4.69) is 26.7 Å². The molecule has 1 aromatic heterocycles. The topological polar surface area (TPSA) is 104 Å². The smallest absolute Gasteiger partial charge is 0.222 e. The minimum atomic E-state index is -0.388. The van der Waals surface area contributed by atoms with Gasteiger partial charge < -0.3 is 14.7 Å². The normalized spacial score (nSPS) is 17.4. The van der Waals surface area contributed by atoms with Crippen molar-refractivity contribution >= 4 is 5.91 Å². The van der Waals surface area contributed by atoms with Crippen LogP contribution in [0.5, 0.6) is 0 Å². The summed E-state index contributed by atoms with van der Waals surface area (Å²) in [4.78, 5) is 14.4. The molecule has 0 aliphatic carbocycles. The zero-order valence-electron chi connectivity index (χ0n) is 18.5. The summed E-state index contributed by atoms with van der Waals surface area (Å²) in [6.07, 6.45) is 8.46. The van der Waals surface area contributed by atoms with Gasteiger partial charge >= 0.3 is 0 Å². The second kappa shape index (κ2) is 12.5. The molecule has 1 aromatic carbocycles. The number of hydrogen-bond acceptors (Lipinski definition) is 6. The molecule has 0 radical (unpaired) electrons. The maximum atomic E-state index is 12.3. The fourth-order valence-electron chi connectivity index (χ4n) is 4.38. The van der Waals surface area contributed by atoms with E-state index in [1.807, 2.05) is 23.1 Å². The number of nitrogens with one attached hydrogen (secondary N) is 1. The fourth-order valence-corrected chi connectivity index (χ4v) is 4.38. The van der Waals surface area contributed by atoms with Crippen LogP contribution in [-0.4, -0.2) is 62.3 Å². The zero-order chi connectivity index (χ0) is 21.9. The summed E-state index contributed by atoms with van der Waals surface area (Å²) in [5.41, 5.74) is 2.25. The number of ether oxygens (including phenoxy) is 1. The Hall–Kier alpha value is -2.32. The number of benzene rings is 1. The van der Waals surface area contributed by atoms with E-state index in [4.69, 9.17) is 4.74 Å². The molecule has 0 saturated carbocycles. The van der Waals surface area contributed by atoms with Crippen LogP contribution in [0.3, 0.4) is 0 Å². The number of carbonyl (C=O) groups is 1. The number of nitrogens with zero attached hydrogens (tertiary/aromatic N) is 4. The molecule has 3 rings (SSSR count). The molecule has 0 bridgehead atoms. The van der Waals surface area contributed by atoms with Crippen LogP contribution in [0.25, 0.3) is 0 Å². The lowest BCUT2D eigenvalue weighted by atomic mass is 9.99. The van der Waals surface area contributed by atoms with E-state index in [1.54, 1.807) is 7.11 Å². The Kier molecular flexibility index (Phi) is 9.42. The van der Waals surface area contributed by atoms with Gasteiger partial charge in [-0.15, -0.1) is 10.2 Å². The van der Waals surface area contributed by atoms with Crippen molar-refractivity contribution in [3.63, 3.8) is 0 Å². The van der Waals surface area contributed by atoms with E-state index in [0.29, 0.717) is 25.9 Å². The molecule has 2 atom stereocenters. The number of rotatable bonds is 14. The Balaban J connectivity index is 1.34.